The average Bonchev–Trinajstić information content (AvgIpc) is 2.44. The van der Waals surface area contributed by atoms with E-state index in [1.54, 1.807) is 0 Å². The van der Waals surface area contributed by atoms with E-state index in [1.165, 1.54) is 25.1 Å². The SMILES string of the molecule is CCOP(C)(=O)C(=Nc1ccccc1)C(F)(F)C(F)(F)C(F)(F)F. The van der Waals surface area contributed by atoms with E-state index >= 15 is 0 Å². The molecule has 1 aromatic rings. The number of alkyl halides is 7. The molecular weight excluding hydrogens is 366 g/mol. The summed E-state index contributed by atoms with van der Waals surface area (Å²) in [6.07, 6.45) is -6.57. The molecular formula is C13H13F7NO2P. The molecule has 0 spiro atoms. The van der Waals surface area contributed by atoms with E-state index in [-0.39, 0.29) is 5.69 Å². The van der Waals surface area contributed by atoms with E-state index in [0.29, 0.717) is 6.66 Å². The molecule has 1 aromatic carbocycles. The highest BCUT2D eigenvalue weighted by Crippen LogP contribution is 2.57. The van der Waals surface area contributed by atoms with Crippen molar-refractivity contribution >= 4 is 18.5 Å². The first kappa shape index (κ1) is 20.6. The first-order valence-electron chi connectivity index (χ1n) is 6.46. The number of nitrogens with zero attached hydrogens (tertiary/aromatic N) is 1. The maximum absolute atomic E-state index is 14.0. The Kier molecular flexibility index (Phi) is 5.88. The van der Waals surface area contributed by atoms with Gasteiger partial charge in [0.05, 0.1) is 12.3 Å². The van der Waals surface area contributed by atoms with Crippen LogP contribution in [0.15, 0.2) is 35.3 Å². The van der Waals surface area contributed by atoms with Gasteiger partial charge in [-0.3, -0.25) is 4.57 Å². The molecule has 0 radical (unpaired) electrons. The number of hydrogen-bond donors (Lipinski definition) is 0. The lowest BCUT2D eigenvalue weighted by Gasteiger charge is -2.31. The van der Waals surface area contributed by atoms with Crippen LogP contribution in [0.3, 0.4) is 0 Å². The fourth-order valence-electron chi connectivity index (χ4n) is 1.67. The number of hydrogen-bond acceptors (Lipinski definition) is 3. The number of rotatable bonds is 6. The lowest BCUT2D eigenvalue weighted by atomic mass is 10.1. The van der Waals surface area contributed by atoms with E-state index in [4.69, 9.17) is 0 Å². The second kappa shape index (κ2) is 6.84. The Bertz CT molecular complexity index is 643. The van der Waals surface area contributed by atoms with Crippen LogP contribution in [0.5, 0.6) is 0 Å². The highest BCUT2D eigenvalue weighted by atomic mass is 31.2. The molecule has 3 nitrogen and oxygen atoms in total. The summed E-state index contributed by atoms with van der Waals surface area (Å²) in [5, 5.41) is 0. The van der Waals surface area contributed by atoms with Crippen molar-refractivity contribution in [1.82, 2.24) is 0 Å². The van der Waals surface area contributed by atoms with Crippen LogP contribution in [0.2, 0.25) is 0 Å². The van der Waals surface area contributed by atoms with Crippen molar-refractivity contribution in [1.29, 1.82) is 0 Å². The third kappa shape index (κ3) is 3.97. The molecule has 0 aliphatic carbocycles. The predicted octanol–water partition coefficient (Wildman–Crippen LogP) is 5.49. The molecule has 1 unspecified atom stereocenters. The molecule has 24 heavy (non-hydrogen) atoms. The fourth-order valence-corrected chi connectivity index (χ4v) is 3.23. The Balaban J connectivity index is 3.60. The van der Waals surface area contributed by atoms with E-state index in [9.17, 15) is 35.3 Å². The van der Waals surface area contributed by atoms with Gasteiger partial charge in [0.1, 0.15) is 0 Å². The average molecular weight is 379 g/mol. The quantitative estimate of drug-likeness (QED) is 0.372. The van der Waals surface area contributed by atoms with Crippen LogP contribution in [0, 0.1) is 0 Å². The molecule has 0 aromatic heterocycles. The van der Waals surface area contributed by atoms with Crippen molar-refractivity contribution < 1.29 is 39.8 Å². The first-order chi connectivity index (χ1) is 10.8. The van der Waals surface area contributed by atoms with Gasteiger partial charge in [-0.05, 0) is 19.1 Å². The lowest BCUT2D eigenvalue weighted by molar-refractivity contribution is -0.335. The van der Waals surface area contributed by atoms with Crippen molar-refractivity contribution in [2.24, 2.45) is 4.99 Å². The van der Waals surface area contributed by atoms with Crippen molar-refractivity contribution in [3.63, 3.8) is 0 Å². The molecule has 0 saturated heterocycles. The summed E-state index contributed by atoms with van der Waals surface area (Å²) in [4.78, 5) is 3.10. The molecule has 0 aliphatic rings. The minimum atomic E-state index is -6.57. The Morgan fingerprint density at radius 2 is 1.58 bits per heavy atom. The van der Waals surface area contributed by atoms with Crippen LogP contribution < -0.4 is 0 Å². The second-order valence-electron chi connectivity index (χ2n) is 4.68. The zero-order valence-corrected chi connectivity index (χ0v) is 13.3. The van der Waals surface area contributed by atoms with Gasteiger partial charge in [0.15, 0.2) is 5.45 Å². The summed E-state index contributed by atoms with van der Waals surface area (Å²) in [7, 11) is -4.74. The summed E-state index contributed by atoms with van der Waals surface area (Å²) < 4.78 is 108. The van der Waals surface area contributed by atoms with Gasteiger partial charge in [-0.1, -0.05) is 18.2 Å². The summed E-state index contributed by atoms with van der Waals surface area (Å²) in [6.45, 7) is 1.28. The van der Waals surface area contributed by atoms with Gasteiger partial charge in [0.2, 0.25) is 7.37 Å². The minimum Gasteiger partial charge on any atom is -0.325 e. The Hall–Kier alpha value is -1.41. The van der Waals surface area contributed by atoms with Crippen molar-refractivity contribution in [3.05, 3.63) is 30.3 Å². The maximum atomic E-state index is 14.0. The number of aliphatic imine (C=N–C) groups is 1. The molecule has 0 amide bonds. The third-order valence-corrected chi connectivity index (χ3v) is 4.68. The van der Waals surface area contributed by atoms with E-state index in [1.807, 2.05) is 0 Å². The molecule has 0 fully saturated rings. The Labute approximate surface area is 133 Å². The summed E-state index contributed by atoms with van der Waals surface area (Å²) >= 11 is 0. The van der Waals surface area contributed by atoms with Crippen LogP contribution in [0.1, 0.15) is 6.92 Å². The Morgan fingerprint density at radius 3 is 2.00 bits per heavy atom. The van der Waals surface area contributed by atoms with E-state index in [2.05, 4.69) is 9.52 Å². The van der Waals surface area contributed by atoms with Crippen LogP contribution in [0.4, 0.5) is 36.4 Å². The van der Waals surface area contributed by atoms with Crippen molar-refractivity contribution in [2.45, 2.75) is 24.9 Å². The Morgan fingerprint density at radius 1 is 1.08 bits per heavy atom. The van der Waals surface area contributed by atoms with Gasteiger partial charge < -0.3 is 4.52 Å². The minimum absolute atomic E-state index is 0.369. The van der Waals surface area contributed by atoms with Crippen LogP contribution in [-0.2, 0) is 9.09 Å². The number of benzene rings is 1. The monoisotopic (exact) mass is 379 g/mol. The largest absolute Gasteiger partial charge is 0.460 e. The number of halogens is 7. The molecule has 11 heteroatoms. The molecule has 0 heterocycles. The summed E-state index contributed by atoms with van der Waals surface area (Å²) in [6, 6.07) is 6.17. The highest BCUT2D eigenvalue weighted by Gasteiger charge is 2.76. The van der Waals surface area contributed by atoms with Crippen LogP contribution >= 0.6 is 7.37 Å². The molecule has 0 saturated carbocycles. The smallest absolute Gasteiger partial charge is 0.325 e. The first-order valence-corrected chi connectivity index (χ1v) is 8.53. The van der Waals surface area contributed by atoms with E-state index < -0.39 is 37.4 Å². The topological polar surface area (TPSA) is 38.7 Å². The molecule has 1 atom stereocenters. The highest BCUT2D eigenvalue weighted by molar-refractivity contribution is 7.76. The third-order valence-electron chi connectivity index (χ3n) is 2.78. The molecule has 0 bridgehead atoms. The molecule has 0 aliphatic heterocycles. The van der Waals surface area contributed by atoms with Crippen LogP contribution in [-0.4, -0.2) is 36.7 Å². The standard InChI is InChI=1S/C13H13F7NO2P/c1-3-23-24(2,22)10(21-9-7-5-4-6-8-9)11(14,15)12(16,17)13(18,19)20/h4-8H,3H2,1-2H3. The molecule has 1 rings (SSSR count). The zero-order valence-electron chi connectivity index (χ0n) is 12.5. The summed E-state index contributed by atoms with van der Waals surface area (Å²) in [5.74, 6) is -12.3. The van der Waals surface area contributed by atoms with Gasteiger partial charge in [0.25, 0.3) is 0 Å². The van der Waals surface area contributed by atoms with Gasteiger partial charge in [-0.15, -0.1) is 0 Å². The summed E-state index contributed by atoms with van der Waals surface area (Å²) in [5.41, 5.74) is -2.52. The van der Waals surface area contributed by atoms with Gasteiger partial charge >= 0.3 is 18.0 Å². The number of para-hydroxylation sites is 1. The van der Waals surface area contributed by atoms with Crippen molar-refractivity contribution in [3.8, 4) is 0 Å². The molecule has 136 valence electrons. The second-order valence-corrected chi connectivity index (χ2v) is 7.05. The zero-order chi connectivity index (χ0) is 18.8. The fraction of sp³-hybridized carbons (Fsp3) is 0.462. The molecule has 0 N–H and O–H groups in total. The van der Waals surface area contributed by atoms with E-state index in [0.717, 1.165) is 12.1 Å². The van der Waals surface area contributed by atoms with Crippen LogP contribution in [0.25, 0.3) is 0 Å². The van der Waals surface area contributed by atoms with Crippen molar-refractivity contribution in [2.75, 3.05) is 13.3 Å². The maximum Gasteiger partial charge on any atom is 0.460 e. The normalized spacial score (nSPS) is 16.8. The lowest BCUT2D eigenvalue weighted by Crippen LogP contribution is -2.56. The predicted molar refractivity (Wildman–Crippen MR) is 74.6 cm³/mol. The van der Waals surface area contributed by atoms with Gasteiger partial charge in [-0.2, -0.15) is 30.7 Å². The van der Waals surface area contributed by atoms with Gasteiger partial charge in [-0.25, -0.2) is 4.99 Å². The van der Waals surface area contributed by atoms with Gasteiger partial charge in [0, 0.05) is 6.66 Å².